The van der Waals surface area contributed by atoms with E-state index in [0.717, 1.165) is 30.6 Å². The maximum Gasteiger partial charge on any atom is 0.273 e. The highest BCUT2D eigenvalue weighted by Crippen LogP contribution is 2.30. The molecule has 1 amide bonds. The quantitative estimate of drug-likeness (QED) is 0.922. The van der Waals surface area contributed by atoms with Gasteiger partial charge in [0.25, 0.3) is 5.91 Å². The zero-order chi connectivity index (χ0) is 17.3. The van der Waals surface area contributed by atoms with Crippen LogP contribution in [0.25, 0.3) is 10.6 Å². The molecule has 1 aromatic heterocycles. The number of nitrogens with two attached hydrogens (primary N) is 1. The van der Waals surface area contributed by atoms with E-state index in [4.69, 9.17) is 5.73 Å². The number of aromatic nitrogens is 1. The van der Waals surface area contributed by atoms with E-state index in [0.29, 0.717) is 13.1 Å². The number of hydrogen-bond acceptors (Lipinski definition) is 4. The topological polar surface area (TPSA) is 59.2 Å². The van der Waals surface area contributed by atoms with Gasteiger partial charge in [-0.05, 0) is 31.4 Å². The Hall–Kier alpha value is -1.86. The number of halogens is 2. The fourth-order valence-corrected chi connectivity index (χ4v) is 3.70. The molecule has 0 bridgehead atoms. The Morgan fingerprint density at radius 3 is 2.54 bits per heavy atom. The van der Waals surface area contributed by atoms with E-state index in [-0.39, 0.29) is 27.7 Å². The smallest absolute Gasteiger partial charge is 0.273 e. The molecule has 1 aromatic carbocycles. The standard InChI is InChI=1S/C17H19F2N3OS/c1-2-17(20)6-8-22(9-7-17)16(23)13-10-24-15(21-13)14-11(18)4-3-5-12(14)19/h3-5,10H,2,6-9,20H2,1H3. The van der Waals surface area contributed by atoms with Gasteiger partial charge in [0.1, 0.15) is 22.3 Å². The van der Waals surface area contributed by atoms with Gasteiger partial charge in [-0.15, -0.1) is 11.3 Å². The van der Waals surface area contributed by atoms with Gasteiger partial charge in [-0.1, -0.05) is 13.0 Å². The summed E-state index contributed by atoms with van der Waals surface area (Å²) in [6.45, 7) is 3.20. The Balaban J connectivity index is 1.78. The molecule has 3 rings (SSSR count). The lowest BCUT2D eigenvalue weighted by molar-refractivity contribution is 0.0663. The highest BCUT2D eigenvalue weighted by Gasteiger charge is 2.32. The number of carbonyl (C=O) groups excluding carboxylic acids is 1. The molecule has 2 N–H and O–H groups in total. The van der Waals surface area contributed by atoms with Crippen LogP contribution in [-0.4, -0.2) is 34.4 Å². The molecule has 0 aliphatic carbocycles. The van der Waals surface area contributed by atoms with Gasteiger partial charge in [0.2, 0.25) is 0 Å². The van der Waals surface area contributed by atoms with E-state index in [1.807, 2.05) is 6.92 Å². The van der Waals surface area contributed by atoms with Crippen LogP contribution in [0.2, 0.25) is 0 Å². The van der Waals surface area contributed by atoms with Crippen LogP contribution in [-0.2, 0) is 0 Å². The zero-order valence-corrected chi connectivity index (χ0v) is 14.2. The summed E-state index contributed by atoms with van der Waals surface area (Å²) in [6, 6.07) is 3.66. The lowest BCUT2D eigenvalue weighted by Gasteiger charge is -2.38. The molecule has 0 unspecified atom stereocenters. The molecule has 1 fully saturated rings. The average Bonchev–Trinajstić information content (AvgIpc) is 3.04. The Labute approximate surface area is 143 Å². The van der Waals surface area contributed by atoms with Crippen molar-refractivity contribution in [3.63, 3.8) is 0 Å². The van der Waals surface area contributed by atoms with E-state index < -0.39 is 11.6 Å². The van der Waals surface area contributed by atoms with Crippen LogP contribution in [0.3, 0.4) is 0 Å². The van der Waals surface area contributed by atoms with E-state index in [2.05, 4.69) is 4.98 Å². The third kappa shape index (κ3) is 3.18. The van der Waals surface area contributed by atoms with Crippen molar-refractivity contribution in [2.75, 3.05) is 13.1 Å². The second-order valence-corrected chi connectivity index (χ2v) is 7.00. The van der Waals surface area contributed by atoms with Gasteiger partial charge in [0.05, 0.1) is 5.56 Å². The number of rotatable bonds is 3. The Morgan fingerprint density at radius 1 is 1.33 bits per heavy atom. The monoisotopic (exact) mass is 351 g/mol. The molecule has 24 heavy (non-hydrogen) atoms. The highest BCUT2D eigenvalue weighted by atomic mass is 32.1. The molecule has 0 radical (unpaired) electrons. The summed E-state index contributed by atoms with van der Waals surface area (Å²) in [5.74, 6) is -1.58. The SMILES string of the molecule is CCC1(N)CCN(C(=O)c2csc(-c3c(F)cccc3F)n2)CC1. The van der Waals surface area contributed by atoms with Crippen LogP contribution in [0.4, 0.5) is 8.78 Å². The summed E-state index contributed by atoms with van der Waals surface area (Å²) in [6.07, 6.45) is 2.37. The number of nitrogens with zero attached hydrogens (tertiary/aromatic N) is 2. The van der Waals surface area contributed by atoms with Gasteiger partial charge in [-0.2, -0.15) is 0 Å². The summed E-state index contributed by atoms with van der Waals surface area (Å²) in [5.41, 5.74) is 6.06. The fraction of sp³-hybridized carbons (Fsp3) is 0.412. The molecule has 0 saturated carbocycles. The highest BCUT2D eigenvalue weighted by molar-refractivity contribution is 7.13. The minimum absolute atomic E-state index is 0.174. The molecule has 4 nitrogen and oxygen atoms in total. The third-order valence-electron chi connectivity index (χ3n) is 4.65. The molecule has 0 atom stereocenters. The van der Waals surface area contributed by atoms with Crippen molar-refractivity contribution in [3.05, 3.63) is 40.9 Å². The summed E-state index contributed by atoms with van der Waals surface area (Å²) < 4.78 is 27.7. The van der Waals surface area contributed by atoms with Crippen molar-refractivity contribution in [2.45, 2.75) is 31.7 Å². The first-order valence-electron chi connectivity index (χ1n) is 7.91. The molecular formula is C17H19F2N3OS. The largest absolute Gasteiger partial charge is 0.337 e. The molecule has 1 aliphatic heterocycles. The molecule has 1 saturated heterocycles. The molecule has 128 valence electrons. The van der Waals surface area contributed by atoms with Gasteiger partial charge >= 0.3 is 0 Å². The predicted molar refractivity (Wildman–Crippen MR) is 89.8 cm³/mol. The summed E-state index contributed by atoms with van der Waals surface area (Å²) in [7, 11) is 0. The Bertz CT molecular complexity index is 734. The molecular weight excluding hydrogens is 332 g/mol. The summed E-state index contributed by atoms with van der Waals surface area (Å²) >= 11 is 1.06. The maximum atomic E-state index is 13.8. The maximum absolute atomic E-state index is 13.8. The van der Waals surface area contributed by atoms with Crippen LogP contribution in [0, 0.1) is 11.6 Å². The minimum Gasteiger partial charge on any atom is -0.337 e. The van der Waals surface area contributed by atoms with Gasteiger partial charge in [-0.3, -0.25) is 4.79 Å². The second kappa shape index (κ2) is 6.57. The number of thiazole rings is 1. The number of piperidine rings is 1. The van der Waals surface area contributed by atoms with Crippen molar-refractivity contribution in [3.8, 4) is 10.6 Å². The lowest BCUT2D eigenvalue weighted by Crippen LogP contribution is -2.51. The van der Waals surface area contributed by atoms with Crippen LogP contribution in [0.5, 0.6) is 0 Å². The van der Waals surface area contributed by atoms with Gasteiger partial charge in [0, 0.05) is 24.0 Å². The van der Waals surface area contributed by atoms with Crippen LogP contribution in [0.15, 0.2) is 23.6 Å². The van der Waals surface area contributed by atoms with Crippen molar-refractivity contribution < 1.29 is 13.6 Å². The summed E-state index contributed by atoms with van der Waals surface area (Å²) in [5, 5.41) is 1.72. The summed E-state index contributed by atoms with van der Waals surface area (Å²) in [4.78, 5) is 18.4. The molecule has 2 aromatic rings. The molecule has 1 aliphatic rings. The van der Waals surface area contributed by atoms with Gasteiger partial charge < -0.3 is 10.6 Å². The Morgan fingerprint density at radius 2 is 1.96 bits per heavy atom. The first-order valence-corrected chi connectivity index (χ1v) is 8.79. The van der Waals surface area contributed by atoms with Crippen molar-refractivity contribution >= 4 is 17.2 Å². The molecule has 2 heterocycles. The van der Waals surface area contributed by atoms with Crippen molar-refractivity contribution in [1.29, 1.82) is 0 Å². The van der Waals surface area contributed by atoms with Crippen LogP contribution >= 0.6 is 11.3 Å². The fourth-order valence-electron chi connectivity index (χ4n) is 2.86. The predicted octanol–water partition coefficient (Wildman–Crippen LogP) is 3.43. The van der Waals surface area contributed by atoms with Crippen molar-refractivity contribution in [1.82, 2.24) is 9.88 Å². The van der Waals surface area contributed by atoms with Gasteiger partial charge in [-0.25, -0.2) is 13.8 Å². The first-order chi connectivity index (χ1) is 11.4. The number of likely N-dealkylation sites (tertiary alicyclic amines) is 1. The average molecular weight is 351 g/mol. The van der Waals surface area contributed by atoms with Crippen molar-refractivity contribution in [2.24, 2.45) is 5.73 Å². The number of benzene rings is 1. The van der Waals surface area contributed by atoms with E-state index in [1.165, 1.54) is 18.2 Å². The Kier molecular flexibility index (Phi) is 4.64. The molecule has 0 spiro atoms. The van der Waals surface area contributed by atoms with Crippen LogP contribution in [0.1, 0.15) is 36.7 Å². The third-order valence-corrected chi connectivity index (χ3v) is 5.51. The van der Waals surface area contributed by atoms with Gasteiger partial charge in [0.15, 0.2) is 0 Å². The first kappa shape index (κ1) is 17.0. The normalized spacial score (nSPS) is 17.1. The lowest BCUT2D eigenvalue weighted by atomic mass is 9.86. The van der Waals surface area contributed by atoms with E-state index in [1.54, 1.807) is 10.3 Å². The zero-order valence-electron chi connectivity index (χ0n) is 13.4. The van der Waals surface area contributed by atoms with E-state index >= 15 is 0 Å². The molecule has 7 heteroatoms. The van der Waals surface area contributed by atoms with E-state index in [9.17, 15) is 13.6 Å². The number of hydrogen-bond donors (Lipinski definition) is 1. The number of amides is 1. The second-order valence-electron chi connectivity index (χ2n) is 6.14. The van der Waals surface area contributed by atoms with Crippen LogP contribution < -0.4 is 5.73 Å². The number of carbonyl (C=O) groups is 1. The minimum atomic E-state index is -0.683.